The molecule has 1 aromatic carbocycles. The van der Waals surface area contributed by atoms with Gasteiger partial charge in [-0.3, -0.25) is 28.9 Å². The van der Waals surface area contributed by atoms with Crippen molar-refractivity contribution in [2.75, 3.05) is 39.8 Å². The quantitative estimate of drug-likeness (QED) is 0.511. The largest absolute Gasteiger partial charge is 0.374 e. The Bertz CT molecular complexity index is 1120. The van der Waals surface area contributed by atoms with Crippen molar-refractivity contribution in [3.05, 3.63) is 34.2 Å². The van der Waals surface area contributed by atoms with Crippen LogP contribution in [0, 0.1) is 11.8 Å². The number of aromatic nitrogens is 2. The third-order valence-electron chi connectivity index (χ3n) is 5.80. The van der Waals surface area contributed by atoms with E-state index in [0.29, 0.717) is 30.6 Å². The molecule has 0 bridgehead atoms. The number of hydrogen-bond donors (Lipinski definition) is 2. The van der Waals surface area contributed by atoms with E-state index in [-0.39, 0.29) is 24.1 Å². The number of nitrogens with zero attached hydrogens (tertiary/aromatic N) is 3. The first kappa shape index (κ1) is 21.3. The van der Waals surface area contributed by atoms with Crippen LogP contribution in [0.15, 0.2) is 23.0 Å². The first-order valence-electron chi connectivity index (χ1n) is 10.5. The molecule has 1 unspecified atom stereocenters. The van der Waals surface area contributed by atoms with Crippen molar-refractivity contribution < 1.29 is 14.3 Å². The Labute approximate surface area is 180 Å². The minimum atomic E-state index is -0.699. The van der Waals surface area contributed by atoms with Crippen molar-refractivity contribution in [1.82, 2.24) is 24.7 Å². The van der Waals surface area contributed by atoms with Crippen molar-refractivity contribution in [3.8, 4) is 11.8 Å². The second-order valence-electron chi connectivity index (χ2n) is 7.94. The zero-order chi connectivity index (χ0) is 22.0. The molecule has 2 fully saturated rings. The smallest absolute Gasteiger partial charge is 0.329 e. The summed E-state index contributed by atoms with van der Waals surface area (Å²) >= 11 is 0. The summed E-state index contributed by atoms with van der Waals surface area (Å²) in [7, 11) is 3.59. The summed E-state index contributed by atoms with van der Waals surface area (Å²) in [6, 6.07) is 4.84. The van der Waals surface area contributed by atoms with Crippen LogP contribution in [-0.2, 0) is 21.4 Å². The Balaban J connectivity index is 1.61. The lowest BCUT2D eigenvalue weighted by atomic mass is 10.1. The number of carbonyl (C=O) groups is 2. The van der Waals surface area contributed by atoms with E-state index in [9.17, 15) is 14.4 Å². The van der Waals surface area contributed by atoms with Crippen LogP contribution in [-0.4, -0.2) is 71.8 Å². The molecule has 2 aliphatic heterocycles. The molecule has 2 N–H and O–H groups in total. The highest BCUT2D eigenvalue weighted by Crippen LogP contribution is 2.24. The Hall–Kier alpha value is -2.93. The summed E-state index contributed by atoms with van der Waals surface area (Å²) in [6.07, 6.45) is 0.685. The number of ether oxygens (including phenoxy) is 1. The summed E-state index contributed by atoms with van der Waals surface area (Å²) in [5.74, 6) is 5.69. The van der Waals surface area contributed by atoms with Gasteiger partial charge in [0, 0.05) is 33.1 Å². The van der Waals surface area contributed by atoms with E-state index < -0.39 is 11.9 Å². The molecule has 2 amide bonds. The van der Waals surface area contributed by atoms with E-state index in [1.165, 1.54) is 9.13 Å². The lowest BCUT2D eigenvalue weighted by Gasteiger charge is -2.31. The van der Waals surface area contributed by atoms with E-state index in [1.807, 2.05) is 25.2 Å². The lowest BCUT2D eigenvalue weighted by molar-refractivity contribution is -0.135. The number of rotatable bonds is 4. The van der Waals surface area contributed by atoms with Gasteiger partial charge in [0.1, 0.15) is 6.04 Å². The molecule has 3 heterocycles. The maximum atomic E-state index is 13.0. The van der Waals surface area contributed by atoms with Gasteiger partial charge in [0.15, 0.2) is 0 Å². The fourth-order valence-electron chi connectivity index (χ4n) is 4.29. The highest BCUT2D eigenvalue weighted by molar-refractivity contribution is 6.00. The Morgan fingerprint density at radius 3 is 2.90 bits per heavy atom. The molecule has 4 rings (SSSR count). The first-order valence-corrected chi connectivity index (χ1v) is 10.5. The number of piperidine rings is 1. The molecule has 0 radical (unpaired) electrons. The highest BCUT2D eigenvalue weighted by Gasteiger charge is 2.31. The molecule has 2 aromatic rings. The van der Waals surface area contributed by atoms with E-state index in [1.54, 1.807) is 7.05 Å². The van der Waals surface area contributed by atoms with Crippen LogP contribution < -0.4 is 16.3 Å². The summed E-state index contributed by atoms with van der Waals surface area (Å²) in [6.45, 7) is 3.77. The van der Waals surface area contributed by atoms with Gasteiger partial charge < -0.3 is 10.1 Å². The van der Waals surface area contributed by atoms with Gasteiger partial charge in [0.05, 0.1) is 35.9 Å². The average Bonchev–Trinajstić information content (AvgIpc) is 3.00. The van der Waals surface area contributed by atoms with E-state index >= 15 is 0 Å². The van der Waals surface area contributed by atoms with Crippen LogP contribution in [0.3, 0.4) is 0 Å². The number of para-hydroxylation sites is 1. The van der Waals surface area contributed by atoms with Crippen LogP contribution in [0.2, 0.25) is 0 Å². The molecule has 2 atom stereocenters. The van der Waals surface area contributed by atoms with Crippen LogP contribution in [0.4, 0.5) is 0 Å². The van der Waals surface area contributed by atoms with E-state index in [0.717, 1.165) is 25.2 Å². The molecule has 31 heavy (non-hydrogen) atoms. The number of imide groups is 1. The predicted molar refractivity (Wildman–Crippen MR) is 116 cm³/mol. The number of likely N-dealkylation sites (N-methyl/N-ethyl adjacent to an activating group) is 1. The number of amides is 2. The van der Waals surface area contributed by atoms with Crippen molar-refractivity contribution in [3.63, 3.8) is 0 Å². The third kappa shape index (κ3) is 4.28. The molecule has 0 spiro atoms. The second kappa shape index (κ2) is 9.06. The standard InChI is InChI=1S/C22H27N5O4/c1-23-13-16-14-26(11-12-31-16)10-4-6-15-5-3-7-17-20(15)25(2)22(30)27(17)18-8-9-19(28)24-21(18)29/h3,5,7,16,18,23H,8-14H2,1-2H3,(H,24,28,29)/t16-,18?/m0/s1. The minimum Gasteiger partial charge on any atom is -0.374 e. The molecule has 0 aliphatic carbocycles. The number of benzene rings is 1. The fraction of sp³-hybridized carbons (Fsp3) is 0.500. The minimum absolute atomic E-state index is 0.160. The summed E-state index contributed by atoms with van der Waals surface area (Å²) in [5.41, 5.74) is 1.79. The van der Waals surface area contributed by atoms with Gasteiger partial charge in [0.2, 0.25) is 11.8 Å². The van der Waals surface area contributed by atoms with Crippen LogP contribution in [0.25, 0.3) is 11.0 Å². The SMILES string of the molecule is CNC[C@H]1CN(CC#Cc2cccc3c2n(C)c(=O)n3C2CCC(=O)NC2=O)CCO1. The maximum absolute atomic E-state index is 13.0. The average molecular weight is 425 g/mol. The molecule has 2 aliphatic rings. The summed E-state index contributed by atoms with van der Waals surface area (Å²) in [4.78, 5) is 39.1. The summed E-state index contributed by atoms with van der Waals surface area (Å²) < 4.78 is 8.74. The molecular weight excluding hydrogens is 398 g/mol. The maximum Gasteiger partial charge on any atom is 0.329 e. The van der Waals surface area contributed by atoms with Gasteiger partial charge in [-0.25, -0.2) is 4.79 Å². The van der Waals surface area contributed by atoms with Crippen LogP contribution in [0.1, 0.15) is 24.4 Å². The van der Waals surface area contributed by atoms with Crippen molar-refractivity contribution >= 4 is 22.8 Å². The van der Waals surface area contributed by atoms with Gasteiger partial charge in [-0.15, -0.1) is 0 Å². The highest BCUT2D eigenvalue weighted by atomic mass is 16.5. The molecule has 164 valence electrons. The molecular formula is C22H27N5O4. The van der Waals surface area contributed by atoms with Gasteiger partial charge in [-0.1, -0.05) is 17.9 Å². The van der Waals surface area contributed by atoms with Crippen molar-refractivity contribution in [2.24, 2.45) is 7.05 Å². The van der Waals surface area contributed by atoms with E-state index in [4.69, 9.17) is 4.74 Å². The number of aryl methyl sites for hydroxylation is 1. The molecule has 0 saturated carbocycles. The zero-order valence-corrected chi connectivity index (χ0v) is 17.8. The topological polar surface area (TPSA) is 97.6 Å². The van der Waals surface area contributed by atoms with Gasteiger partial charge in [0.25, 0.3) is 0 Å². The number of imidazole rings is 1. The van der Waals surface area contributed by atoms with Crippen molar-refractivity contribution in [1.29, 1.82) is 0 Å². The number of hydrogen-bond acceptors (Lipinski definition) is 6. The Morgan fingerprint density at radius 2 is 2.13 bits per heavy atom. The third-order valence-corrected chi connectivity index (χ3v) is 5.80. The first-order chi connectivity index (χ1) is 15.0. The van der Waals surface area contributed by atoms with Gasteiger partial charge in [-0.2, -0.15) is 0 Å². The molecule has 1 aromatic heterocycles. The Morgan fingerprint density at radius 1 is 1.29 bits per heavy atom. The predicted octanol–water partition coefficient (Wildman–Crippen LogP) is -0.411. The molecule has 9 nitrogen and oxygen atoms in total. The van der Waals surface area contributed by atoms with Crippen molar-refractivity contribution in [2.45, 2.75) is 25.0 Å². The normalized spacial score (nSPS) is 22.3. The zero-order valence-electron chi connectivity index (χ0n) is 17.8. The fourth-order valence-corrected chi connectivity index (χ4v) is 4.29. The second-order valence-corrected chi connectivity index (χ2v) is 7.94. The molecule has 2 saturated heterocycles. The lowest BCUT2D eigenvalue weighted by Crippen LogP contribution is -2.46. The number of fused-ring (bicyclic) bond motifs is 1. The monoisotopic (exact) mass is 425 g/mol. The van der Waals surface area contributed by atoms with E-state index in [2.05, 4.69) is 27.4 Å². The number of morpholine rings is 1. The van der Waals surface area contributed by atoms with Crippen LogP contribution in [0.5, 0.6) is 0 Å². The number of carbonyl (C=O) groups excluding carboxylic acids is 2. The number of nitrogens with one attached hydrogen (secondary N) is 2. The van der Waals surface area contributed by atoms with Crippen LogP contribution >= 0.6 is 0 Å². The van der Waals surface area contributed by atoms with Gasteiger partial charge in [-0.05, 0) is 25.6 Å². The summed E-state index contributed by atoms with van der Waals surface area (Å²) in [5, 5.41) is 5.47. The Kier molecular flexibility index (Phi) is 6.23. The van der Waals surface area contributed by atoms with Gasteiger partial charge >= 0.3 is 5.69 Å². The molecule has 9 heteroatoms.